The first-order valence-corrected chi connectivity index (χ1v) is 8.70. The molecule has 0 aliphatic heterocycles. The third-order valence-electron chi connectivity index (χ3n) is 4.15. The minimum Gasteiger partial charge on any atom is -0.497 e. The Kier molecular flexibility index (Phi) is 5.53. The summed E-state index contributed by atoms with van der Waals surface area (Å²) in [5.41, 5.74) is 19.0. The molecule has 8 N–H and O–H groups in total. The Balaban J connectivity index is 2.32. The number of methoxy groups -OCH3 is 1. The number of anilines is 2. The van der Waals surface area contributed by atoms with E-state index in [0.717, 1.165) is 16.9 Å². The van der Waals surface area contributed by atoms with Crippen LogP contribution in [0.25, 0.3) is 5.57 Å². The Labute approximate surface area is 157 Å². The maximum Gasteiger partial charge on any atom is 0.265 e. The molecule has 0 bridgehead atoms. The van der Waals surface area contributed by atoms with E-state index < -0.39 is 11.5 Å². The number of hydrogen-bond donors (Lipinski definition) is 5. The number of benzene rings is 1. The van der Waals surface area contributed by atoms with Gasteiger partial charge in [-0.15, -0.1) is 11.3 Å². The fraction of sp³-hybridized carbons (Fsp3) is 0.235. The molecular weight excluding hydrogens is 351 g/mol. The van der Waals surface area contributed by atoms with Gasteiger partial charge in [-0.3, -0.25) is 4.79 Å². The molecule has 1 unspecified atom stereocenters. The van der Waals surface area contributed by atoms with Gasteiger partial charge in [-0.2, -0.15) is 0 Å². The van der Waals surface area contributed by atoms with Crippen molar-refractivity contribution in [3.63, 3.8) is 0 Å². The predicted octanol–water partition coefficient (Wildman–Crippen LogP) is 0.796. The lowest BCUT2D eigenvalue weighted by molar-refractivity contribution is 0.0631. The molecule has 2 rings (SSSR count). The van der Waals surface area contributed by atoms with E-state index in [2.05, 4.69) is 5.32 Å². The van der Waals surface area contributed by atoms with E-state index in [1.807, 2.05) is 0 Å². The molecule has 0 fully saturated rings. The van der Waals surface area contributed by atoms with Crippen molar-refractivity contribution >= 4 is 41.4 Å². The van der Waals surface area contributed by atoms with Crippen LogP contribution in [0.1, 0.15) is 34.6 Å². The maximum absolute atomic E-state index is 12.7. The monoisotopic (exact) mass is 374 g/mol. The Morgan fingerprint density at radius 3 is 2.35 bits per heavy atom. The number of rotatable bonds is 5. The number of carbonyl (C=O) groups excluding carboxylic acids is 1. The fourth-order valence-corrected chi connectivity index (χ4v) is 3.42. The van der Waals surface area contributed by atoms with Crippen molar-refractivity contribution in [3.8, 4) is 5.75 Å². The van der Waals surface area contributed by atoms with E-state index >= 15 is 0 Å². The SMILES string of the molecule is BC(O)(NC(=O)c1sc(N)c(/C(C)=C(/C)N)c1N)c1ccc(OC)cc1. The zero-order valence-electron chi connectivity index (χ0n) is 15.2. The van der Waals surface area contributed by atoms with Gasteiger partial charge in [0.2, 0.25) is 0 Å². The summed E-state index contributed by atoms with van der Waals surface area (Å²) in [5.74, 6) is 0.129. The molecule has 1 amide bonds. The van der Waals surface area contributed by atoms with Crippen molar-refractivity contribution in [2.75, 3.05) is 18.6 Å². The Hall–Kier alpha value is -2.65. The first-order valence-electron chi connectivity index (χ1n) is 7.89. The minimum atomic E-state index is -1.59. The number of nitrogens with two attached hydrogens (primary N) is 3. The second-order valence-corrected chi connectivity index (χ2v) is 7.20. The van der Waals surface area contributed by atoms with Crippen molar-refractivity contribution in [1.82, 2.24) is 5.32 Å². The average molecular weight is 374 g/mol. The van der Waals surface area contributed by atoms with Crippen LogP contribution in [0.5, 0.6) is 5.75 Å². The van der Waals surface area contributed by atoms with Gasteiger partial charge in [-0.05, 0) is 37.1 Å². The second-order valence-electron chi connectivity index (χ2n) is 6.15. The summed E-state index contributed by atoms with van der Waals surface area (Å²) < 4.78 is 5.09. The lowest BCUT2D eigenvalue weighted by atomic mass is 9.83. The van der Waals surface area contributed by atoms with E-state index in [4.69, 9.17) is 21.9 Å². The topological polar surface area (TPSA) is 137 Å². The number of allylic oxidation sites excluding steroid dienone is 2. The molecule has 1 atom stereocenters. The second kappa shape index (κ2) is 7.31. The summed E-state index contributed by atoms with van der Waals surface area (Å²) in [4.78, 5) is 12.9. The van der Waals surface area contributed by atoms with Crippen LogP contribution in [0.3, 0.4) is 0 Å². The molecule has 1 aromatic heterocycles. The van der Waals surface area contributed by atoms with Crippen LogP contribution < -0.4 is 27.3 Å². The molecule has 2 aromatic rings. The molecule has 7 nitrogen and oxygen atoms in total. The number of ether oxygens (including phenoxy) is 1. The normalized spacial score (nSPS) is 14.3. The molecule has 0 radical (unpaired) electrons. The molecule has 26 heavy (non-hydrogen) atoms. The number of nitrogen functional groups attached to an aromatic ring is 2. The number of aliphatic hydroxyl groups is 1. The van der Waals surface area contributed by atoms with Gasteiger partial charge in [0.05, 0.1) is 17.8 Å². The summed E-state index contributed by atoms with van der Waals surface area (Å²) in [7, 11) is 3.03. The molecule has 9 heteroatoms. The van der Waals surface area contributed by atoms with Crippen LogP contribution >= 0.6 is 11.3 Å². The third-order valence-corrected chi connectivity index (χ3v) is 5.19. The first-order chi connectivity index (χ1) is 12.1. The van der Waals surface area contributed by atoms with Gasteiger partial charge in [0.1, 0.15) is 16.3 Å². The molecular formula is C17H23BN4O3S. The zero-order valence-corrected chi connectivity index (χ0v) is 16.0. The summed E-state index contributed by atoms with van der Waals surface area (Å²) in [6, 6.07) is 6.73. The third kappa shape index (κ3) is 3.78. The highest BCUT2D eigenvalue weighted by Gasteiger charge is 2.29. The lowest BCUT2D eigenvalue weighted by Gasteiger charge is -2.25. The number of carbonyl (C=O) groups is 1. The van der Waals surface area contributed by atoms with Crippen LogP contribution in [-0.4, -0.2) is 26.0 Å². The largest absolute Gasteiger partial charge is 0.497 e. The number of thiophene rings is 1. The van der Waals surface area contributed by atoms with Gasteiger partial charge in [0.15, 0.2) is 7.85 Å². The van der Waals surface area contributed by atoms with Gasteiger partial charge >= 0.3 is 0 Å². The quantitative estimate of drug-likeness (QED) is 0.388. The Morgan fingerprint density at radius 2 is 1.85 bits per heavy atom. The molecule has 1 heterocycles. The summed E-state index contributed by atoms with van der Waals surface area (Å²) in [5, 5.41) is 13.7. The van der Waals surface area contributed by atoms with Gasteiger partial charge in [-0.1, -0.05) is 12.1 Å². The van der Waals surface area contributed by atoms with Gasteiger partial charge in [0, 0.05) is 11.3 Å². The van der Waals surface area contributed by atoms with Crippen LogP contribution in [0.4, 0.5) is 10.7 Å². The number of amides is 1. The standard InChI is InChI=1S/C17H23BN4O3S/c1-8(9(2)19)12-13(20)14(26-15(12)21)16(23)22-17(18,24)10-4-6-11(25-3)7-5-10/h4-7,24H,18-21H2,1-3H3,(H,22,23)/b9-8-. The van der Waals surface area contributed by atoms with Gasteiger partial charge in [0.25, 0.3) is 5.91 Å². The Morgan fingerprint density at radius 1 is 1.27 bits per heavy atom. The molecule has 0 saturated heterocycles. The van der Waals surface area contributed by atoms with Gasteiger partial charge in [-0.25, -0.2) is 0 Å². The van der Waals surface area contributed by atoms with E-state index in [1.54, 1.807) is 45.2 Å². The van der Waals surface area contributed by atoms with Crippen LogP contribution in [-0.2, 0) is 5.62 Å². The lowest BCUT2D eigenvalue weighted by Crippen LogP contribution is -2.46. The van der Waals surface area contributed by atoms with Crippen molar-refractivity contribution in [3.05, 3.63) is 46.0 Å². The van der Waals surface area contributed by atoms with Crippen molar-refractivity contribution < 1.29 is 14.6 Å². The van der Waals surface area contributed by atoms with E-state index in [1.165, 1.54) is 7.85 Å². The van der Waals surface area contributed by atoms with E-state index in [9.17, 15) is 9.90 Å². The summed E-state index contributed by atoms with van der Waals surface area (Å²) in [6.45, 7) is 3.53. The summed E-state index contributed by atoms with van der Waals surface area (Å²) in [6.07, 6.45) is 0. The average Bonchev–Trinajstić information content (AvgIpc) is 2.88. The minimum absolute atomic E-state index is 0.229. The van der Waals surface area contributed by atoms with Crippen LogP contribution in [0.2, 0.25) is 0 Å². The maximum atomic E-state index is 12.7. The molecule has 0 saturated carbocycles. The van der Waals surface area contributed by atoms with Gasteiger partial charge < -0.3 is 32.4 Å². The highest BCUT2D eigenvalue weighted by Crippen LogP contribution is 2.39. The Bertz CT molecular complexity index is 856. The molecule has 138 valence electrons. The highest BCUT2D eigenvalue weighted by atomic mass is 32.1. The number of hydrogen-bond acceptors (Lipinski definition) is 7. The van der Waals surface area contributed by atoms with E-state index in [-0.39, 0.29) is 10.6 Å². The first kappa shape index (κ1) is 19.7. The number of nitrogens with one attached hydrogen (secondary N) is 1. The van der Waals surface area contributed by atoms with Crippen molar-refractivity contribution in [1.29, 1.82) is 0 Å². The predicted molar refractivity (Wildman–Crippen MR) is 109 cm³/mol. The smallest absolute Gasteiger partial charge is 0.265 e. The van der Waals surface area contributed by atoms with Crippen LogP contribution in [0.15, 0.2) is 30.0 Å². The summed E-state index contributed by atoms with van der Waals surface area (Å²) >= 11 is 1.06. The van der Waals surface area contributed by atoms with Crippen molar-refractivity contribution in [2.45, 2.75) is 19.5 Å². The molecule has 1 aromatic carbocycles. The molecule has 0 spiro atoms. The van der Waals surface area contributed by atoms with E-state index in [0.29, 0.717) is 27.6 Å². The molecule has 0 aliphatic carbocycles. The molecule has 0 aliphatic rings. The fourth-order valence-electron chi connectivity index (χ4n) is 2.48. The zero-order chi connectivity index (χ0) is 19.6. The highest BCUT2D eigenvalue weighted by molar-refractivity contribution is 7.18. The van der Waals surface area contributed by atoms with Crippen LogP contribution in [0, 0.1) is 0 Å². The van der Waals surface area contributed by atoms with Crippen molar-refractivity contribution in [2.24, 2.45) is 5.73 Å².